The van der Waals surface area contributed by atoms with E-state index < -0.39 is 15.9 Å². The average molecular weight is 498 g/mol. The van der Waals surface area contributed by atoms with E-state index in [9.17, 15) is 13.2 Å². The molecule has 1 N–H and O–H groups in total. The fraction of sp³-hybridized carbons (Fsp3) is 0.167. The van der Waals surface area contributed by atoms with Gasteiger partial charge in [0.15, 0.2) is 16.3 Å². The van der Waals surface area contributed by atoms with Crippen molar-refractivity contribution in [2.45, 2.75) is 11.8 Å². The third-order valence-corrected chi connectivity index (χ3v) is 7.70. The van der Waals surface area contributed by atoms with Gasteiger partial charge in [0.2, 0.25) is 0 Å². The third-order valence-electron chi connectivity index (χ3n) is 5.20. The Morgan fingerprint density at radius 1 is 1.00 bits per heavy atom. The van der Waals surface area contributed by atoms with Crippen LogP contribution in [0.25, 0.3) is 10.2 Å². The van der Waals surface area contributed by atoms with Gasteiger partial charge < -0.3 is 14.0 Å². The van der Waals surface area contributed by atoms with Crippen LogP contribution in [0.5, 0.6) is 11.5 Å². The van der Waals surface area contributed by atoms with Crippen LogP contribution in [0.4, 0.5) is 5.69 Å². The van der Waals surface area contributed by atoms with Gasteiger partial charge in [0.25, 0.3) is 15.9 Å². The Balaban J connectivity index is 1.65. The van der Waals surface area contributed by atoms with E-state index in [1.807, 2.05) is 26.1 Å². The van der Waals surface area contributed by atoms with Gasteiger partial charge in [0.05, 0.1) is 29.3 Å². The summed E-state index contributed by atoms with van der Waals surface area (Å²) in [6, 6.07) is 16.4. The van der Waals surface area contributed by atoms with E-state index >= 15 is 0 Å². The molecule has 10 heteroatoms. The summed E-state index contributed by atoms with van der Waals surface area (Å²) in [5.41, 5.74) is 2.33. The summed E-state index contributed by atoms with van der Waals surface area (Å²) in [6.45, 7) is 1.88. The largest absolute Gasteiger partial charge is 0.493 e. The first-order valence-corrected chi connectivity index (χ1v) is 12.5. The topological polar surface area (TPSA) is 99.0 Å². The molecule has 1 heterocycles. The fourth-order valence-corrected chi connectivity index (χ4v) is 5.44. The van der Waals surface area contributed by atoms with E-state index in [0.29, 0.717) is 16.3 Å². The van der Waals surface area contributed by atoms with Crippen molar-refractivity contribution in [1.82, 2.24) is 4.57 Å². The molecule has 1 aromatic heterocycles. The molecule has 0 aliphatic rings. The Kier molecular flexibility index (Phi) is 6.45. The maximum absolute atomic E-state index is 12.9. The molecule has 4 rings (SSSR count). The standard InChI is InChI=1S/C24H23N3O5S2/c1-15-8-10-18(11-9-15)34(29,30)26-17-7-5-6-16(12-17)23(28)25-24-27(2)19-13-20(31-3)21(32-4)14-22(19)33-24/h5-14,26H,1-4H3. The zero-order valence-electron chi connectivity index (χ0n) is 19.0. The van der Waals surface area contributed by atoms with E-state index in [4.69, 9.17) is 9.47 Å². The summed E-state index contributed by atoms with van der Waals surface area (Å²) >= 11 is 1.34. The summed E-state index contributed by atoms with van der Waals surface area (Å²) in [6.07, 6.45) is 0. The van der Waals surface area contributed by atoms with E-state index in [1.165, 1.54) is 29.5 Å². The van der Waals surface area contributed by atoms with Crippen molar-refractivity contribution in [3.63, 3.8) is 0 Å². The molecule has 3 aromatic carbocycles. The molecule has 8 nitrogen and oxygen atoms in total. The minimum atomic E-state index is -3.79. The average Bonchev–Trinajstić information content (AvgIpc) is 3.12. The van der Waals surface area contributed by atoms with Gasteiger partial charge in [0.1, 0.15) is 0 Å². The van der Waals surface area contributed by atoms with Gasteiger partial charge in [-0.2, -0.15) is 4.99 Å². The lowest BCUT2D eigenvalue weighted by Gasteiger charge is -2.09. The number of thiazole rings is 1. The number of hydrogen-bond donors (Lipinski definition) is 1. The molecule has 0 saturated carbocycles. The number of nitrogens with zero attached hydrogens (tertiary/aromatic N) is 2. The van der Waals surface area contributed by atoms with Crippen molar-refractivity contribution in [1.29, 1.82) is 0 Å². The van der Waals surface area contributed by atoms with Crippen molar-refractivity contribution in [3.8, 4) is 11.5 Å². The predicted octanol–water partition coefficient (Wildman–Crippen LogP) is 4.11. The number of nitrogens with one attached hydrogen (secondary N) is 1. The first kappa shape index (κ1) is 23.5. The molecule has 0 aliphatic carbocycles. The highest BCUT2D eigenvalue weighted by Crippen LogP contribution is 2.33. The second-order valence-electron chi connectivity index (χ2n) is 7.53. The van der Waals surface area contributed by atoms with Gasteiger partial charge in [-0.05, 0) is 37.3 Å². The normalized spacial score (nSPS) is 12.1. The van der Waals surface area contributed by atoms with Crippen molar-refractivity contribution < 1.29 is 22.7 Å². The smallest absolute Gasteiger partial charge is 0.279 e. The second-order valence-corrected chi connectivity index (χ2v) is 10.2. The minimum Gasteiger partial charge on any atom is -0.493 e. The van der Waals surface area contributed by atoms with Crippen LogP contribution in [0.1, 0.15) is 15.9 Å². The number of rotatable bonds is 6. The van der Waals surface area contributed by atoms with Crippen LogP contribution in [0, 0.1) is 6.92 Å². The van der Waals surface area contributed by atoms with Gasteiger partial charge in [0, 0.05) is 30.4 Å². The van der Waals surface area contributed by atoms with Gasteiger partial charge in [-0.25, -0.2) is 8.42 Å². The highest BCUT2D eigenvalue weighted by Gasteiger charge is 2.16. The Bertz CT molecular complexity index is 1550. The summed E-state index contributed by atoms with van der Waals surface area (Å²) in [5, 5.41) is 0. The van der Waals surface area contributed by atoms with Crippen LogP contribution in [0.3, 0.4) is 0 Å². The van der Waals surface area contributed by atoms with Gasteiger partial charge in [-0.15, -0.1) is 0 Å². The first-order chi connectivity index (χ1) is 16.2. The molecule has 0 bridgehead atoms. The van der Waals surface area contributed by atoms with Crippen molar-refractivity contribution in [3.05, 3.63) is 76.6 Å². The highest BCUT2D eigenvalue weighted by atomic mass is 32.2. The minimum absolute atomic E-state index is 0.141. The van der Waals surface area contributed by atoms with Gasteiger partial charge >= 0.3 is 0 Å². The lowest BCUT2D eigenvalue weighted by atomic mass is 10.2. The SMILES string of the molecule is COc1cc2sc(=NC(=O)c3cccc(NS(=O)(=O)c4ccc(C)cc4)c3)n(C)c2cc1OC. The third kappa shape index (κ3) is 4.68. The van der Waals surface area contributed by atoms with E-state index in [1.54, 1.807) is 49.1 Å². The lowest BCUT2D eigenvalue weighted by molar-refractivity contribution is 0.0998. The first-order valence-electron chi connectivity index (χ1n) is 10.2. The molecule has 0 unspecified atom stereocenters. The molecule has 34 heavy (non-hydrogen) atoms. The molecule has 0 aliphatic heterocycles. The fourth-order valence-electron chi connectivity index (χ4n) is 3.36. The summed E-state index contributed by atoms with van der Waals surface area (Å²) in [4.78, 5) is 17.8. The zero-order valence-corrected chi connectivity index (χ0v) is 20.7. The summed E-state index contributed by atoms with van der Waals surface area (Å²) in [7, 11) is 1.14. The number of aromatic nitrogens is 1. The number of benzene rings is 3. The summed E-state index contributed by atoms with van der Waals surface area (Å²) in [5.74, 6) is 0.676. The van der Waals surface area contributed by atoms with Gasteiger partial charge in [-0.1, -0.05) is 35.1 Å². The van der Waals surface area contributed by atoms with E-state index in [0.717, 1.165) is 15.8 Å². The molecule has 0 saturated heterocycles. The number of ether oxygens (including phenoxy) is 2. The maximum atomic E-state index is 12.9. The molecular weight excluding hydrogens is 474 g/mol. The Hall–Kier alpha value is -3.63. The lowest BCUT2D eigenvalue weighted by Crippen LogP contribution is -2.14. The van der Waals surface area contributed by atoms with Crippen LogP contribution in [-0.4, -0.2) is 33.1 Å². The van der Waals surface area contributed by atoms with Crippen molar-refractivity contribution >= 4 is 43.2 Å². The second kappa shape index (κ2) is 9.32. The number of methoxy groups -OCH3 is 2. The summed E-state index contributed by atoms with van der Waals surface area (Å²) < 4.78 is 41.3. The Labute approximate surface area is 201 Å². The highest BCUT2D eigenvalue weighted by molar-refractivity contribution is 7.92. The molecule has 1 amide bonds. The maximum Gasteiger partial charge on any atom is 0.279 e. The van der Waals surface area contributed by atoms with Crippen molar-refractivity contribution in [2.24, 2.45) is 12.0 Å². The number of hydrogen-bond acceptors (Lipinski definition) is 6. The predicted molar refractivity (Wildman–Crippen MR) is 132 cm³/mol. The number of aryl methyl sites for hydroxylation is 2. The number of anilines is 1. The molecule has 0 fully saturated rings. The monoisotopic (exact) mass is 497 g/mol. The molecular formula is C24H23N3O5S2. The number of fused-ring (bicyclic) bond motifs is 1. The molecule has 0 atom stereocenters. The van der Waals surface area contributed by atoms with Crippen LogP contribution in [0.15, 0.2) is 70.6 Å². The number of carbonyl (C=O) groups excluding carboxylic acids is 1. The molecule has 4 aromatic rings. The Morgan fingerprint density at radius 2 is 1.68 bits per heavy atom. The molecule has 0 radical (unpaired) electrons. The van der Waals surface area contributed by atoms with E-state index in [-0.39, 0.29) is 16.1 Å². The van der Waals surface area contributed by atoms with Gasteiger partial charge in [-0.3, -0.25) is 9.52 Å². The van der Waals surface area contributed by atoms with Crippen LogP contribution in [-0.2, 0) is 17.1 Å². The number of carbonyl (C=O) groups is 1. The number of amides is 1. The number of sulfonamides is 1. The quantitative estimate of drug-likeness (QED) is 0.432. The van der Waals surface area contributed by atoms with Crippen molar-refractivity contribution in [2.75, 3.05) is 18.9 Å². The molecule has 176 valence electrons. The van der Waals surface area contributed by atoms with Crippen LogP contribution < -0.4 is 19.0 Å². The van der Waals surface area contributed by atoms with E-state index in [2.05, 4.69) is 9.71 Å². The van der Waals surface area contributed by atoms with Crippen LogP contribution in [0.2, 0.25) is 0 Å². The Morgan fingerprint density at radius 3 is 2.35 bits per heavy atom. The zero-order chi connectivity index (χ0) is 24.5. The molecule has 0 spiro atoms. The van der Waals surface area contributed by atoms with Crippen LogP contribution >= 0.6 is 11.3 Å².